The predicted octanol–water partition coefficient (Wildman–Crippen LogP) is 3.90. The molecule has 0 unspecified atom stereocenters. The number of carbonyl (C=O) groups excluding carboxylic acids is 1. The summed E-state index contributed by atoms with van der Waals surface area (Å²) in [5.74, 6) is -2.09. The molecule has 0 saturated carbocycles. The molecule has 2 N–H and O–H groups in total. The second kappa shape index (κ2) is 11.8. The van der Waals surface area contributed by atoms with Gasteiger partial charge >= 0.3 is 0 Å². The number of aromatic amines is 1. The van der Waals surface area contributed by atoms with Gasteiger partial charge in [-0.15, -0.1) is 0 Å². The molecular formula is C31H38F2N6O4S. The molecule has 2 saturated heterocycles. The van der Waals surface area contributed by atoms with Crippen molar-refractivity contribution in [2.45, 2.75) is 56.1 Å². The van der Waals surface area contributed by atoms with E-state index >= 15 is 0 Å². The molecule has 3 aromatic rings. The quantitative estimate of drug-likeness (QED) is 0.362. The molecule has 44 heavy (non-hydrogen) atoms. The number of hydrogen-bond donors (Lipinski definition) is 2. The Morgan fingerprint density at radius 2 is 1.75 bits per heavy atom. The molecule has 1 aromatic heterocycles. The Bertz CT molecular complexity index is 1640. The zero-order valence-electron chi connectivity index (χ0n) is 25.2. The number of rotatable bonds is 8. The van der Waals surface area contributed by atoms with Crippen molar-refractivity contribution in [3.63, 3.8) is 0 Å². The van der Waals surface area contributed by atoms with Crippen LogP contribution in [0.25, 0.3) is 0 Å². The molecule has 236 valence electrons. The molecule has 13 heteroatoms. The van der Waals surface area contributed by atoms with Crippen LogP contribution in [-0.4, -0.2) is 86.1 Å². The minimum atomic E-state index is -4.28. The number of anilines is 2. The average molecular weight is 629 g/mol. The first-order valence-electron chi connectivity index (χ1n) is 14.9. The van der Waals surface area contributed by atoms with Gasteiger partial charge in [0.1, 0.15) is 11.6 Å². The molecule has 0 spiro atoms. The van der Waals surface area contributed by atoms with Crippen molar-refractivity contribution in [2.75, 3.05) is 56.7 Å². The lowest BCUT2D eigenvalue weighted by atomic mass is 9.98. The van der Waals surface area contributed by atoms with Crippen molar-refractivity contribution in [3.05, 3.63) is 70.5 Å². The maximum atomic E-state index is 13.9. The third-order valence-electron chi connectivity index (χ3n) is 8.97. The van der Waals surface area contributed by atoms with Crippen LogP contribution in [0.15, 0.2) is 41.3 Å². The second-order valence-electron chi connectivity index (χ2n) is 12.4. The zero-order valence-corrected chi connectivity index (χ0v) is 26.0. The molecule has 10 nitrogen and oxygen atoms in total. The highest BCUT2D eigenvalue weighted by atomic mass is 32.2. The number of ether oxygens (including phenoxy) is 1. The van der Waals surface area contributed by atoms with E-state index in [0.29, 0.717) is 41.8 Å². The number of nitrogens with zero attached hydrogens (tertiary/aromatic N) is 4. The minimum Gasteiger partial charge on any atom is -0.381 e. The minimum absolute atomic E-state index is 0.0167. The van der Waals surface area contributed by atoms with Crippen LogP contribution in [0, 0.1) is 11.6 Å². The zero-order chi connectivity index (χ0) is 31.2. The number of nitrogens with one attached hydrogen (secondary N) is 2. The van der Waals surface area contributed by atoms with Gasteiger partial charge < -0.3 is 19.9 Å². The number of benzene rings is 2. The monoisotopic (exact) mass is 628 g/mol. The van der Waals surface area contributed by atoms with Gasteiger partial charge in [0, 0.05) is 86.2 Å². The van der Waals surface area contributed by atoms with Crippen LogP contribution in [0.4, 0.5) is 20.2 Å². The summed E-state index contributed by atoms with van der Waals surface area (Å²) in [6.45, 7) is 8.34. The summed E-state index contributed by atoms with van der Waals surface area (Å²) in [6, 6.07) is 8.34. The first-order chi connectivity index (χ1) is 20.9. The van der Waals surface area contributed by atoms with E-state index in [1.54, 1.807) is 13.8 Å². The van der Waals surface area contributed by atoms with Crippen LogP contribution in [-0.2, 0) is 33.3 Å². The number of ketones is 1. The van der Waals surface area contributed by atoms with Gasteiger partial charge in [-0.2, -0.15) is 9.40 Å². The lowest BCUT2D eigenvalue weighted by molar-refractivity contribution is 0.0904. The Morgan fingerprint density at radius 3 is 2.43 bits per heavy atom. The van der Waals surface area contributed by atoms with Crippen LogP contribution in [0.3, 0.4) is 0 Å². The first kappa shape index (κ1) is 30.6. The molecule has 0 bridgehead atoms. The van der Waals surface area contributed by atoms with Gasteiger partial charge in [-0.3, -0.25) is 9.89 Å². The van der Waals surface area contributed by atoms with Crippen molar-refractivity contribution in [2.24, 2.45) is 0 Å². The molecular weight excluding hydrogens is 590 g/mol. The van der Waals surface area contributed by atoms with Crippen LogP contribution in [0.2, 0.25) is 0 Å². The summed E-state index contributed by atoms with van der Waals surface area (Å²) in [7, 11) is -2.17. The van der Waals surface area contributed by atoms with E-state index in [4.69, 9.17) is 4.74 Å². The van der Waals surface area contributed by atoms with Gasteiger partial charge in [0.05, 0.1) is 22.5 Å². The molecule has 2 aromatic carbocycles. The smallest absolute Gasteiger partial charge is 0.244 e. The van der Waals surface area contributed by atoms with Crippen molar-refractivity contribution in [3.8, 4) is 0 Å². The number of hydrogen-bond acceptors (Lipinski definition) is 8. The lowest BCUT2D eigenvalue weighted by Crippen LogP contribution is -2.44. The molecule has 0 radical (unpaired) electrons. The summed E-state index contributed by atoms with van der Waals surface area (Å²) >= 11 is 0. The fourth-order valence-electron chi connectivity index (χ4n) is 6.35. The molecule has 3 aliphatic rings. The molecule has 0 amide bonds. The molecule has 2 fully saturated rings. The van der Waals surface area contributed by atoms with Crippen LogP contribution >= 0.6 is 0 Å². The summed E-state index contributed by atoms with van der Waals surface area (Å²) in [5, 5.41) is 11.0. The molecule has 3 aliphatic heterocycles. The number of fused-ring (bicyclic) bond motifs is 1. The van der Waals surface area contributed by atoms with Crippen LogP contribution in [0.5, 0.6) is 0 Å². The Balaban J connectivity index is 1.27. The number of halogens is 2. The van der Waals surface area contributed by atoms with E-state index < -0.39 is 32.1 Å². The van der Waals surface area contributed by atoms with Crippen LogP contribution in [0.1, 0.15) is 54.0 Å². The summed E-state index contributed by atoms with van der Waals surface area (Å²) in [4.78, 5) is 18.0. The number of H-pyrrole nitrogens is 1. The van der Waals surface area contributed by atoms with Crippen molar-refractivity contribution >= 4 is 27.2 Å². The number of piperazine rings is 1. The topological polar surface area (TPSA) is 111 Å². The first-order valence-corrected chi connectivity index (χ1v) is 16.4. The fourth-order valence-corrected chi connectivity index (χ4v) is 8.11. The third kappa shape index (κ3) is 5.85. The van der Waals surface area contributed by atoms with E-state index in [0.717, 1.165) is 62.5 Å². The summed E-state index contributed by atoms with van der Waals surface area (Å²) in [5.41, 5.74) is 2.85. The Hall–Kier alpha value is -3.39. The average Bonchev–Trinajstić information content (AvgIpc) is 3.51. The van der Waals surface area contributed by atoms with E-state index in [9.17, 15) is 22.0 Å². The Morgan fingerprint density at radius 1 is 1.07 bits per heavy atom. The Kier molecular flexibility index (Phi) is 8.24. The molecule has 4 heterocycles. The van der Waals surface area contributed by atoms with Crippen LogP contribution < -0.4 is 10.2 Å². The van der Waals surface area contributed by atoms with Gasteiger partial charge in [0.15, 0.2) is 5.78 Å². The van der Waals surface area contributed by atoms with Gasteiger partial charge in [0.2, 0.25) is 10.0 Å². The summed E-state index contributed by atoms with van der Waals surface area (Å²) < 4.78 is 61.7. The van der Waals surface area contributed by atoms with Crippen molar-refractivity contribution < 1.29 is 26.7 Å². The lowest BCUT2D eigenvalue weighted by Gasteiger charge is -2.34. The number of likely N-dealkylation sites (N-methyl/N-ethyl adjacent to an activating group) is 1. The highest BCUT2D eigenvalue weighted by Crippen LogP contribution is 2.43. The maximum Gasteiger partial charge on any atom is 0.244 e. The van der Waals surface area contributed by atoms with Crippen molar-refractivity contribution in [1.29, 1.82) is 0 Å². The van der Waals surface area contributed by atoms with Gasteiger partial charge in [0.25, 0.3) is 0 Å². The SMILES string of the molecule is CN1CCN(c2ccc(C(=O)Cc3[nH]nc4c3CN(S(=O)(=O)c3cc(F)cc(F)c3)C4(C)C)c(NC3CCOCC3)c2)CC1. The van der Waals surface area contributed by atoms with E-state index in [2.05, 4.69) is 38.4 Å². The number of aromatic nitrogens is 2. The van der Waals surface area contributed by atoms with E-state index in [1.165, 1.54) is 4.31 Å². The third-order valence-corrected chi connectivity index (χ3v) is 11.0. The van der Waals surface area contributed by atoms with E-state index in [-0.39, 0.29) is 24.8 Å². The highest BCUT2D eigenvalue weighted by Gasteiger charge is 2.48. The summed E-state index contributed by atoms with van der Waals surface area (Å²) in [6.07, 6.45) is 1.67. The number of Topliss-reactive ketones (excluding diaryl/α,β-unsaturated/α-hetero) is 1. The predicted molar refractivity (Wildman–Crippen MR) is 162 cm³/mol. The standard InChI is InChI=1S/C31H38F2N6O4S/c1-31(2)30-26(19-39(31)44(41,42)24-15-20(32)14-21(33)16-24)28(35-36-30)18-29(40)25-5-4-23(38-10-8-37(3)9-11-38)17-27(25)34-22-6-12-43-13-7-22/h4-5,14-17,22,34H,6-13,18-19H2,1-3H3,(H,35,36). The number of carbonyl (C=O) groups is 1. The van der Waals surface area contributed by atoms with E-state index in [1.807, 2.05) is 12.1 Å². The van der Waals surface area contributed by atoms with Crippen molar-refractivity contribution in [1.82, 2.24) is 19.4 Å². The van der Waals surface area contributed by atoms with Gasteiger partial charge in [-0.05, 0) is 64.1 Å². The fraction of sp³-hybridized carbons (Fsp3) is 0.484. The second-order valence-corrected chi connectivity index (χ2v) is 14.2. The highest BCUT2D eigenvalue weighted by molar-refractivity contribution is 7.89. The van der Waals surface area contributed by atoms with Gasteiger partial charge in [-0.25, -0.2) is 17.2 Å². The maximum absolute atomic E-state index is 13.9. The molecule has 0 aliphatic carbocycles. The normalized spacial score (nSPS) is 19.7. The molecule has 6 rings (SSSR count). The largest absolute Gasteiger partial charge is 0.381 e. The Labute approximate surface area is 256 Å². The molecule has 0 atom stereocenters. The van der Waals surface area contributed by atoms with Gasteiger partial charge in [-0.1, -0.05) is 0 Å². The number of sulfonamides is 1.